The second-order valence-corrected chi connectivity index (χ2v) is 4.38. The fraction of sp³-hybridized carbons (Fsp3) is 0.727. The van der Waals surface area contributed by atoms with Gasteiger partial charge in [0.25, 0.3) is 0 Å². The van der Waals surface area contributed by atoms with Gasteiger partial charge in [-0.3, -0.25) is 14.7 Å². The fourth-order valence-electron chi connectivity index (χ4n) is 1.86. The first-order chi connectivity index (χ1) is 8.75. The first-order valence-corrected chi connectivity index (χ1v) is 6.28. The summed E-state index contributed by atoms with van der Waals surface area (Å²) in [6.07, 6.45) is 4.10. The quantitative estimate of drug-likeness (QED) is 0.793. The monoisotopic (exact) mass is 253 g/mol. The lowest BCUT2D eigenvalue weighted by atomic mass is 10.2. The van der Waals surface area contributed by atoms with Gasteiger partial charge in [0.1, 0.15) is 12.2 Å². The highest BCUT2D eigenvalue weighted by Crippen LogP contribution is 2.07. The molecule has 1 fully saturated rings. The molecule has 1 aliphatic heterocycles. The fourth-order valence-corrected chi connectivity index (χ4v) is 1.86. The predicted octanol–water partition coefficient (Wildman–Crippen LogP) is 0.399. The van der Waals surface area contributed by atoms with Crippen molar-refractivity contribution in [1.29, 1.82) is 0 Å². The van der Waals surface area contributed by atoms with Crippen molar-refractivity contribution in [3.05, 3.63) is 12.2 Å². The van der Waals surface area contributed by atoms with Crippen LogP contribution in [-0.2, 0) is 9.63 Å². The van der Waals surface area contributed by atoms with Crippen LogP contribution in [0.4, 0.5) is 0 Å². The third kappa shape index (κ3) is 3.78. The Labute approximate surface area is 106 Å². The number of aromatic amines is 1. The summed E-state index contributed by atoms with van der Waals surface area (Å²) in [5, 5.41) is 11.2. The maximum atomic E-state index is 11.7. The third-order valence-corrected chi connectivity index (χ3v) is 2.89. The van der Waals surface area contributed by atoms with Gasteiger partial charge in [0.15, 0.2) is 0 Å². The van der Waals surface area contributed by atoms with Crippen LogP contribution >= 0.6 is 0 Å². The number of aromatic nitrogens is 3. The van der Waals surface area contributed by atoms with E-state index >= 15 is 0 Å². The van der Waals surface area contributed by atoms with Crippen LogP contribution < -0.4 is 5.32 Å². The number of nitrogens with one attached hydrogen (secondary N) is 2. The molecule has 0 spiro atoms. The van der Waals surface area contributed by atoms with E-state index in [2.05, 4.69) is 20.5 Å². The summed E-state index contributed by atoms with van der Waals surface area (Å²) in [5.74, 6) is 0.658. The van der Waals surface area contributed by atoms with E-state index in [1.165, 1.54) is 6.33 Å². The zero-order valence-electron chi connectivity index (χ0n) is 10.6. The van der Waals surface area contributed by atoms with Crippen molar-refractivity contribution in [2.24, 2.45) is 0 Å². The molecule has 1 aromatic heterocycles. The topological polar surface area (TPSA) is 83.1 Å². The van der Waals surface area contributed by atoms with Crippen LogP contribution in [0.2, 0.25) is 0 Å². The number of hydrogen-bond donors (Lipinski definition) is 2. The standard InChI is InChI=1S/C11H19N5O2/c1-9(11-12-8-13-15-11)14-10(17)4-6-16-5-2-3-7-18-16/h8-9H,2-7H2,1H3,(H,14,17)(H,12,13,15)/t9-/m0/s1. The van der Waals surface area contributed by atoms with Crippen molar-refractivity contribution in [1.82, 2.24) is 25.6 Å². The highest BCUT2D eigenvalue weighted by Gasteiger charge is 2.15. The molecular weight excluding hydrogens is 234 g/mol. The number of hydrogen-bond acceptors (Lipinski definition) is 5. The van der Waals surface area contributed by atoms with Gasteiger partial charge in [-0.1, -0.05) is 0 Å². The molecule has 7 heteroatoms. The summed E-state index contributed by atoms with van der Waals surface area (Å²) in [7, 11) is 0. The van der Waals surface area contributed by atoms with Gasteiger partial charge in [-0.2, -0.15) is 10.2 Å². The molecule has 7 nitrogen and oxygen atoms in total. The molecule has 18 heavy (non-hydrogen) atoms. The Balaban J connectivity index is 1.68. The molecule has 1 aliphatic rings. The van der Waals surface area contributed by atoms with Crippen molar-refractivity contribution in [2.45, 2.75) is 32.2 Å². The molecule has 0 unspecified atom stereocenters. The van der Waals surface area contributed by atoms with Crippen molar-refractivity contribution in [3.63, 3.8) is 0 Å². The molecule has 1 saturated heterocycles. The number of H-pyrrole nitrogens is 1. The number of amides is 1. The molecule has 100 valence electrons. The van der Waals surface area contributed by atoms with Crippen LogP contribution in [0.5, 0.6) is 0 Å². The molecule has 2 N–H and O–H groups in total. The van der Waals surface area contributed by atoms with E-state index < -0.39 is 0 Å². The Morgan fingerprint density at radius 1 is 1.67 bits per heavy atom. The van der Waals surface area contributed by atoms with Crippen LogP contribution in [0.15, 0.2) is 6.33 Å². The molecule has 2 rings (SSSR count). The van der Waals surface area contributed by atoms with Gasteiger partial charge in [0, 0.05) is 19.5 Å². The molecule has 1 aromatic rings. The van der Waals surface area contributed by atoms with E-state index in [1.807, 2.05) is 12.0 Å². The third-order valence-electron chi connectivity index (χ3n) is 2.89. The number of hydroxylamine groups is 2. The maximum absolute atomic E-state index is 11.7. The highest BCUT2D eigenvalue weighted by atomic mass is 16.7. The summed E-state index contributed by atoms with van der Waals surface area (Å²) in [5.41, 5.74) is 0. The van der Waals surface area contributed by atoms with E-state index in [0.717, 1.165) is 26.0 Å². The minimum atomic E-state index is -0.151. The number of nitrogens with zero attached hydrogens (tertiary/aromatic N) is 3. The van der Waals surface area contributed by atoms with E-state index in [1.54, 1.807) is 0 Å². The van der Waals surface area contributed by atoms with Gasteiger partial charge in [0.05, 0.1) is 12.6 Å². The van der Waals surface area contributed by atoms with Gasteiger partial charge in [0.2, 0.25) is 5.91 Å². The second kappa shape index (κ2) is 6.46. The zero-order chi connectivity index (χ0) is 12.8. The molecule has 0 bridgehead atoms. The first kappa shape index (κ1) is 13.0. The Kier molecular flexibility index (Phi) is 4.66. The van der Waals surface area contributed by atoms with E-state index in [9.17, 15) is 4.79 Å². The Hall–Kier alpha value is -1.47. The van der Waals surface area contributed by atoms with Gasteiger partial charge in [-0.05, 0) is 19.8 Å². The van der Waals surface area contributed by atoms with Crippen LogP contribution in [0.1, 0.15) is 38.1 Å². The lowest BCUT2D eigenvalue weighted by Gasteiger charge is -2.25. The van der Waals surface area contributed by atoms with Crippen molar-refractivity contribution < 1.29 is 9.63 Å². The average molecular weight is 253 g/mol. The summed E-state index contributed by atoms with van der Waals surface area (Å²) in [6, 6.07) is -0.151. The zero-order valence-corrected chi connectivity index (χ0v) is 10.6. The van der Waals surface area contributed by atoms with Crippen LogP contribution in [-0.4, -0.2) is 45.8 Å². The molecule has 2 heterocycles. The van der Waals surface area contributed by atoms with Crippen LogP contribution in [0.25, 0.3) is 0 Å². The average Bonchev–Trinajstić information content (AvgIpc) is 2.91. The summed E-state index contributed by atoms with van der Waals surface area (Å²) < 4.78 is 0. The van der Waals surface area contributed by atoms with E-state index in [4.69, 9.17) is 4.84 Å². The van der Waals surface area contributed by atoms with Gasteiger partial charge >= 0.3 is 0 Å². The van der Waals surface area contributed by atoms with Crippen molar-refractivity contribution in [2.75, 3.05) is 19.7 Å². The molecular formula is C11H19N5O2. The van der Waals surface area contributed by atoms with Gasteiger partial charge in [-0.15, -0.1) is 0 Å². The summed E-state index contributed by atoms with van der Waals surface area (Å²) in [4.78, 5) is 21.2. The first-order valence-electron chi connectivity index (χ1n) is 6.28. The maximum Gasteiger partial charge on any atom is 0.221 e. The Morgan fingerprint density at radius 2 is 2.56 bits per heavy atom. The second-order valence-electron chi connectivity index (χ2n) is 4.38. The molecule has 0 aromatic carbocycles. The van der Waals surface area contributed by atoms with Crippen LogP contribution in [0, 0.1) is 0 Å². The lowest BCUT2D eigenvalue weighted by Crippen LogP contribution is -2.35. The smallest absolute Gasteiger partial charge is 0.221 e. The van der Waals surface area contributed by atoms with E-state index in [-0.39, 0.29) is 11.9 Å². The van der Waals surface area contributed by atoms with Gasteiger partial charge < -0.3 is 5.32 Å². The largest absolute Gasteiger partial charge is 0.346 e. The number of rotatable bonds is 5. The number of carbonyl (C=O) groups is 1. The highest BCUT2D eigenvalue weighted by molar-refractivity contribution is 5.76. The SMILES string of the molecule is C[C@H](NC(=O)CCN1CCCCO1)c1ncn[nH]1. The normalized spacial score (nSPS) is 18.5. The van der Waals surface area contributed by atoms with Gasteiger partial charge in [-0.25, -0.2) is 4.98 Å². The minimum absolute atomic E-state index is 0.00641. The molecule has 0 aliphatic carbocycles. The Bertz CT molecular complexity index is 362. The molecule has 1 amide bonds. The minimum Gasteiger partial charge on any atom is -0.346 e. The molecule has 1 atom stereocenters. The Morgan fingerprint density at radius 3 is 3.22 bits per heavy atom. The molecule has 0 saturated carbocycles. The van der Waals surface area contributed by atoms with E-state index in [0.29, 0.717) is 18.8 Å². The van der Waals surface area contributed by atoms with Crippen LogP contribution in [0.3, 0.4) is 0 Å². The van der Waals surface area contributed by atoms with Crippen molar-refractivity contribution in [3.8, 4) is 0 Å². The summed E-state index contributed by atoms with van der Waals surface area (Å²) >= 11 is 0. The predicted molar refractivity (Wildman–Crippen MR) is 64.3 cm³/mol. The van der Waals surface area contributed by atoms with Crippen molar-refractivity contribution >= 4 is 5.91 Å². The lowest BCUT2D eigenvalue weighted by molar-refractivity contribution is -0.181. The molecule has 0 radical (unpaired) electrons. The summed E-state index contributed by atoms with van der Waals surface area (Å²) in [6.45, 7) is 4.17. The number of carbonyl (C=O) groups excluding carboxylic acids is 1.